The van der Waals surface area contributed by atoms with Crippen molar-refractivity contribution in [3.63, 3.8) is 0 Å². The molecule has 0 bridgehead atoms. The van der Waals surface area contributed by atoms with Gasteiger partial charge in [0.15, 0.2) is 0 Å². The molecule has 6 heteroatoms. The number of aromatic nitrogens is 1. The van der Waals surface area contributed by atoms with Crippen LogP contribution in [-0.4, -0.2) is 21.3 Å². The van der Waals surface area contributed by atoms with Crippen molar-refractivity contribution in [2.24, 2.45) is 0 Å². The summed E-state index contributed by atoms with van der Waals surface area (Å²) in [7, 11) is 0. The van der Waals surface area contributed by atoms with E-state index in [1.165, 1.54) is 12.3 Å². The topological polar surface area (TPSA) is 72.6 Å². The van der Waals surface area contributed by atoms with E-state index in [0.29, 0.717) is 22.7 Å². The summed E-state index contributed by atoms with van der Waals surface area (Å²) >= 11 is 1.64. The predicted molar refractivity (Wildman–Crippen MR) is 94.5 cm³/mol. The van der Waals surface area contributed by atoms with E-state index in [9.17, 15) is 4.39 Å². The Morgan fingerprint density at radius 3 is 2.83 bits per heavy atom. The summed E-state index contributed by atoms with van der Waals surface area (Å²) in [5.74, 6) is 0.794. The highest BCUT2D eigenvalue weighted by Crippen LogP contribution is 2.36. The van der Waals surface area contributed by atoms with E-state index >= 15 is 0 Å². The Balaban J connectivity index is 1.95. The van der Waals surface area contributed by atoms with Crippen LogP contribution in [0.1, 0.15) is 31.0 Å². The lowest BCUT2D eigenvalue weighted by molar-refractivity contribution is 0.572. The number of hydrogen-bond acceptors (Lipinski definition) is 4. The van der Waals surface area contributed by atoms with Gasteiger partial charge in [-0.05, 0) is 37.6 Å². The fourth-order valence-corrected chi connectivity index (χ4v) is 3.62. The van der Waals surface area contributed by atoms with Crippen molar-refractivity contribution in [3.05, 3.63) is 53.6 Å². The maximum absolute atomic E-state index is 14.3. The van der Waals surface area contributed by atoms with Gasteiger partial charge in [0.1, 0.15) is 17.7 Å². The van der Waals surface area contributed by atoms with Gasteiger partial charge in [-0.1, -0.05) is 6.07 Å². The maximum atomic E-state index is 14.3. The van der Waals surface area contributed by atoms with Gasteiger partial charge in [-0.25, -0.2) is 4.39 Å². The minimum atomic E-state index is -0.297. The first-order valence-electron chi connectivity index (χ1n) is 7.55. The van der Waals surface area contributed by atoms with Gasteiger partial charge in [0.2, 0.25) is 0 Å². The van der Waals surface area contributed by atoms with Crippen LogP contribution < -0.4 is 5.32 Å². The Morgan fingerprint density at radius 2 is 2.12 bits per heavy atom. The number of benzene rings is 1. The van der Waals surface area contributed by atoms with E-state index in [4.69, 9.17) is 10.7 Å². The van der Waals surface area contributed by atoms with Gasteiger partial charge in [-0.15, -0.1) is 11.8 Å². The van der Waals surface area contributed by atoms with Crippen LogP contribution in [0.5, 0.6) is 0 Å². The lowest BCUT2D eigenvalue weighted by Gasteiger charge is -2.36. The highest BCUT2D eigenvalue weighted by molar-refractivity contribution is 8.01. The molecule has 3 rings (SSSR count). The minimum Gasteiger partial charge on any atom is -0.365 e. The first-order valence-corrected chi connectivity index (χ1v) is 8.54. The molecule has 1 aromatic heterocycles. The standard InChI is InChI=1S/C18H17FN4S/c1-18(2)17(21)23-16(10-24-18)14-6-12(3-4-15(14)19)13-5-11(7-20)8-22-9-13/h3-6,8-9,16H,10H2,1-2H3,(H2,21,23). The number of thioether (sulfide) groups is 1. The van der Waals surface area contributed by atoms with E-state index in [-0.39, 0.29) is 16.6 Å². The number of nitrogens with one attached hydrogen (secondary N) is 2. The van der Waals surface area contributed by atoms with Gasteiger partial charge in [-0.3, -0.25) is 10.4 Å². The second-order valence-corrected chi connectivity index (χ2v) is 7.85. The monoisotopic (exact) mass is 340 g/mol. The maximum Gasteiger partial charge on any atom is 0.128 e. The van der Waals surface area contributed by atoms with Crippen molar-refractivity contribution in [2.75, 3.05) is 5.75 Å². The molecule has 1 aliphatic heterocycles. The zero-order valence-corrected chi connectivity index (χ0v) is 14.2. The molecule has 2 aromatic rings. The van der Waals surface area contributed by atoms with Gasteiger partial charge in [0.25, 0.3) is 0 Å². The number of halogens is 1. The van der Waals surface area contributed by atoms with Crippen molar-refractivity contribution in [3.8, 4) is 17.2 Å². The second-order valence-electron chi connectivity index (χ2n) is 6.20. The molecule has 0 saturated carbocycles. The summed E-state index contributed by atoms with van der Waals surface area (Å²) in [6, 6.07) is 8.44. The van der Waals surface area contributed by atoms with E-state index in [1.54, 1.807) is 36.2 Å². The summed E-state index contributed by atoms with van der Waals surface area (Å²) in [5.41, 5.74) is 2.57. The molecule has 0 radical (unpaired) electrons. The Bertz CT molecular complexity index is 841. The van der Waals surface area contributed by atoms with E-state index in [1.807, 2.05) is 13.8 Å². The molecule has 0 aliphatic carbocycles. The highest BCUT2D eigenvalue weighted by Gasteiger charge is 2.33. The number of nitrogens with zero attached hydrogens (tertiary/aromatic N) is 2. The number of rotatable bonds is 2. The average molecular weight is 340 g/mol. The summed E-state index contributed by atoms with van der Waals surface area (Å²) in [4.78, 5) is 4.06. The van der Waals surface area contributed by atoms with Crippen LogP contribution in [0.2, 0.25) is 0 Å². The molecule has 0 spiro atoms. The summed E-state index contributed by atoms with van der Waals surface area (Å²) in [5, 5.41) is 20.2. The van der Waals surface area contributed by atoms with Gasteiger partial charge in [0.05, 0.1) is 16.4 Å². The fraction of sp³-hybridized carbons (Fsp3) is 0.278. The highest BCUT2D eigenvalue weighted by atomic mass is 32.2. The molecular weight excluding hydrogens is 323 g/mol. The first-order chi connectivity index (χ1) is 11.4. The molecule has 1 aliphatic rings. The van der Waals surface area contributed by atoms with Crippen LogP contribution in [0.25, 0.3) is 11.1 Å². The molecule has 1 aromatic carbocycles. The predicted octanol–water partition coefficient (Wildman–Crippen LogP) is 3.89. The van der Waals surface area contributed by atoms with Crippen LogP contribution >= 0.6 is 11.8 Å². The summed E-state index contributed by atoms with van der Waals surface area (Å²) in [6.45, 7) is 3.96. The van der Waals surface area contributed by atoms with Gasteiger partial charge < -0.3 is 5.32 Å². The van der Waals surface area contributed by atoms with Crippen molar-refractivity contribution >= 4 is 17.6 Å². The third kappa shape index (κ3) is 3.13. The zero-order valence-electron chi connectivity index (χ0n) is 13.4. The lowest BCUT2D eigenvalue weighted by atomic mass is 9.99. The van der Waals surface area contributed by atoms with Crippen molar-refractivity contribution < 1.29 is 4.39 Å². The molecule has 1 fully saturated rings. The third-order valence-electron chi connectivity index (χ3n) is 4.10. The van der Waals surface area contributed by atoms with Crippen LogP contribution in [-0.2, 0) is 0 Å². The Hall–Kier alpha value is -2.39. The number of hydrogen-bond donors (Lipinski definition) is 2. The number of pyridine rings is 1. The third-order valence-corrected chi connectivity index (χ3v) is 5.53. The average Bonchev–Trinajstić information content (AvgIpc) is 2.58. The summed E-state index contributed by atoms with van der Waals surface area (Å²) in [6.07, 6.45) is 3.16. The SMILES string of the molecule is CC1(C)SCC(c2cc(-c3cncc(C#N)c3)ccc2F)NC1=N. The Labute approximate surface area is 144 Å². The lowest BCUT2D eigenvalue weighted by Crippen LogP contribution is -2.47. The van der Waals surface area contributed by atoms with E-state index in [0.717, 1.165) is 11.1 Å². The van der Waals surface area contributed by atoms with E-state index < -0.39 is 0 Å². The zero-order chi connectivity index (χ0) is 17.3. The van der Waals surface area contributed by atoms with Crippen molar-refractivity contribution in [1.82, 2.24) is 10.3 Å². The molecule has 122 valence electrons. The molecule has 2 heterocycles. The van der Waals surface area contributed by atoms with Crippen LogP contribution in [0.15, 0.2) is 36.7 Å². The minimum absolute atomic E-state index is 0.248. The van der Waals surface area contributed by atoms with Crippen LogP contribution in [0.4, 0.5) is 4.39 Å². The second kappa shape index (κ2) is 6.25. The van der Waals surface area contributed by atoms with E-state index in [2.05, 4.69) is 16.4 Å². The fourth-order valence-electron chi connectivity index (χ4n) is 2.57. The van der Waals surface area contributed by atoms with Crippen molar-refractivity contribution in [1.29, 1.82) is 10.7 Å². The van der Waals surface area contributed by atoms with Crippen LogP contribution in [0, 0.1) is 22.6 Å². The smallest absolute Gasteiger partial charge is 0.128 e. The molecule has 24 heavy (non-hydrogen) atoms. The van der Waals surface area contributed by atoms with Gasteiger partial charge in [-0.2, -0.15) is 5.26 Å². The molecule has 4 nitrogen and oxygen atoms in total. The quantitative estimate of drug-likeness (QED) is 0.870. The molecule has 1 unspecified atom stereocenters. The summed E-state index contributed by atoms with van der Waals surface area (Å²) < 4.78 is 14.1. The molecule has 2 N–H and O–H groups in total. The molecule has 0 amide bonds. The van der Waals surface area contributed by atoms with Crippen LogP contribution in [0.3, 0.4) is 0 Å². The normalized spacial score (nSPS) is 19.4. The van der Waals surface area contributed by atoms with Crippen molar-refractivity contribution in [2.45, 2.75) is 24.6 Å². The van der Waals surface area contributed by atoms with Gasteiger partial charge >= 0.3 is 0 Å². The van der Waals surface area contributed by atoms with Gasteiger partial charge in [0, 0.05) is 29.3 Å². The number of nitriles is 1. The molecule has 1 atom stereocenters. The first kappa shape index (κ1) is 16.5. The molecule has 1 saturated heterocycles. The largest absolute Gasteiger partial charge is 0.365 e. The molecular formula is C18H17FN4S. The number of amidine groups is 1. The Morgan fingerprint density at radius 1 is 1.33 bits per heavy atom. The Kier molecular flexibility index (Phi) is 4.29.